The lowest BCUT2D eigenvalue weighted by atomic mass is 9.99. The van der Waals surface area contributed by atoms with Crippen LogP contribution in [0.15, 0.2) is 29.4 Å². The molecule has 1 aliphatic carbocycles. The Bertz CT molecular complexity index is 418. The summed E-state index contributed by atoms with van der Waals surface area (Å²) in [6, 6.07) is 6.78. The van der Waals surface area contributed by atoms with Gasteiger partial charge in [-0.3, -0.25) is 4.79 Å². The number of carbonyl (C=O) groups excluding carboxylic acids is 1. The van der Waals surface area contributed by atoms with Gasteiger partial charge in [0.1, 0.15) is 0 Å². The highest BCUT2D eigenvalue weighted by Crippen LogP contribution is 2.14. The minimum atomic E-state index is -0.181. The van der Waals surface area contributed by atoms with Gasteiger partial charge in [-0.05, 0) is 49.9 Å². The maximum atomic E-state index is 11.7. The molecule has 1 N–H and O–H groups in total. The summed E-state index contributed by atoms with van der Waals surface area (Å²) in [7, 11) is 0. The maximum absolute atomic E-state index is 11.7. The second-order valence-electron chi connectivity index (χ2n) is 4.19. The third-order valence-corrected chi connectivity index (χ3v) is 3.10. The van der Waals surface area contributed by atoms with Crippen LogP contribution in [0.1, 0.15) is 42.5 Å². The van der Waals surface area contributed by atoms with E-state index in [4.69, 9.17) is 11.6 Å². The molecule has 90 valence electrons. The molecule has 1 saturated carbocycles. The van der Waals surface area contributed by atoms with Gasteiger partial charge < -0.3 is 0 Å². The first-order valence-corrected chi connectivity index (χ1v) is 6.25. The van der Waals surface area contributed by atoms with E-state index < -0.39 is 0 Å². The summed E-state index contributed by atoms with van der Waals surface area (Å²) in [6.07, 6.45) is 5.62. The molecule has 1 aromatic carbocycles. The van der Waals surface area contributed by atoms with Crippen molar-refractivity contribution in [2.24, 2.45) is 5.10 Å². The number of benzene rings is 1. The summed E-state index contributed by atoms with van der Waals surface area (Å²) in [5.41, 5.74) is 4.27. The average molecular weight is 251 g/mol. The van der Waals surface area contributed by atoms with Gasteiger partial charge in [-0.1, -0.05) is 18.0 Å². The van der Waals surface area contributed by atoms with E-state index in [1.807, 2.05) is 0 Å². The van der Waals surface area contributed by atoms with Crippen molar-refractivity contribution in [3.63, 3.8) is 0 Å². The van der Waals surface area contributed by atoms with E-state index in [1.54, 1.807) is 24.3 Å². The van der Waals surface area contributed by atoms with Crippen LogP contribution < -0.4 is 5.43 Å². The SMILES string of the molecule is O=C(NN=C1CCCCC1)c1ccc(Cl)cc1. The van der Waals surface area contributed by atoms with Gasteiger partial charge in [0.15, 0.2) is 0 Å². The predicted molar refractivity (Wildman–Crippen MR) is 69.4 cm³/mol. The Kier molecular flexibility index (Phi) is 4.15. The zero-order valence-electron chi connectivity index (χ0n) is 9.58. The van der Waals surface area contributed by atoms with Gasteiger partial charge in [0, 0.05) is 16.3 Å². The minimum absolute atomic E-state index is 0.181. The van der Waals surface area contributed by atoms with E-state index in [-0.39, 0.29) is 5.91 Å². The molecule has 0 unspecified atom stereocenters. The molecule has 0 saturated heterocycles. The number of halogens is 1. The van der Waals surface area contributed by atoms with Crippen molar-refractivity contribution >= 4 is 23.2 Å². The summed E-state index contributed by atoms with van der Waals surface area (Å²) in [5.74, 6) is -0.181. The van der Waals surface area contributed by atoms with Gasteiger partial charge in [-0.15, -0.1) is 0 Å². The van der Waals surface area contributed by atoms with Gasteiger partial charge in [0.05, 0.1) is 0 Å². The molecule has 0 spiro atoms. The molecule has 17 heavy (non-hydrogen) atoms. The first-order chi connectivity index (χ1) is 8.25. The average Bonchev–Trinajstić information content (AvgIpc) is 2.38. The van der Waals surface area contributed by atoms with Crippen molar-refractivity contribution in [2.75, 3.05) is 0 Å². The van der Waals surface area contributed by atoms with Gasteiger partial charge in [-0.2, -0.15) is 5.10 Å². The number of carbonyl (C=O) groups is 1. The Morgan fingerprint density at radius 2 is 1.76 bits per heavy atom. The van der Waals surface area contributed by atoms with E-state index in [1.165, 1.54) is 19.3 Å². The zero-order chi connectivity index (χ0) is 12.1. The van der Waals surface area contributed by atoms with Crippen molar-refractivity contribution < 1.29 is 4.79 Å². The number of hydrogen-bond acceptors (Lipinski definition) is 2. The Labute approximate surface area is 106 Å². The molecule has 1 fully saturated rings. The van der Waals surface area contributed by atoms with Crippen molar-refractivity contribution in [2.45, 2.75) is 32.1 Å². The summed E-state index contributed by atoms with van der Waals surface area (Å²) >= 11 is 5.76. The van der Waals surface area contributed by atoms with Crippen LogP contribution >= 0.6 is 11.6 Å². The van der Waals surface area contributed by atoms with Crippen molar-refractivity contribution in [1.29, 1.82) is 0 Å². The van der Waals surface area contributed by atoms with Crippen LogP contribution in [0.5, 0.6) is 0 Å². The number of nitrogens with one attached hydrogen (secondary N) is 1. The lowest BCUT2D eigenvalue weighted by Gasteiger charge is -2.11. The highest BCUT2D eigenvalue weighted by molar-refractivity contribution is 6.30. The fourth-order valence-electron chi connectivity index (χ4n) is 1.87. The molecule has 0 radical (unpaired) electrons. The molecule has 0 atom stereocenters. The topological polar surface area (TPSA) is 41.5 Å². The monoisotopic (exact) mass is 250 g/mol. The van der Waals surface area contributed by atoms with Crippen LogP contribution in [0.3, 0.4) is 0 Å². The Hall–Kier alpha value is -1.35. The third-order valence-electron chi connectivity index (χ3n) is 2.85. The highest BCUT2D eigenvalue weighted by atomic mass is 35.5. The van der Waals surface area contributed by atoms with Crippen LogP contribution in [-0.4, -0.2) is 11.6 Å². The second kappa shape index (κ2) is 5.82. The van der Waals surface area contributed by atoms with E-state index in [9.17, 15) is 4.79 Å². The number of hydrogen-bond donors (Lipinski definition) is 1. The lowest BCUT2D eigenvalue weighted by Crippen LogP contribution is -2.20. The van der Waals surface area contributed by atoms with Crippen molar-refractivity contribution in [3.05, 3.63) is 34.9 Å². The second-order valence-corrected chi connectivity index (χ2v) is 4.62. The molecular formula is C13H15ClN2O. The number of hydrazone groups is 1. The molecule has 1 aliphatic rings. The van der Waals surface area contributed by atoms with Crippen LogP contribution in [0.2, 0.25) is 5.02 Å². The highest BCUT2D eigenvalue weighted by Gasteiger charge is 2.08. The third kappa shape index (κ3) is 3.56. The van der Waals surface area contributed by atoms with E-state index in [2.05, 4.69) is 10.5 Å². The molecule has 3 nitrogen and oxygen atoms in total. The molecule has 1 aromatic rings. The van der Waals surface area contributed by atoms with Crippen molar-refractivity contribution in [3.8, 4) is 0 Å². The molecule has 0 heterocycles. The molecule has 2 rings (SSSR count). The Balaban J connectivity index is 1.94. The predicted octanol–water partition coefficient (Wildman–Crippen LogP) is 3.39. The maximum Gasteiger partial charge on any atom is 0.271 e. The normalized spacial score (nSPS) is 15.5. The Morgan fingerprint density at radius 1 is 1.12 bits per heavy atom. The summed E-state index contributed by atoms with van der Waals surface area (Å²) in [4.78, 5) is 11.7. The first-order valence-electron chi connectivity index (χ1n) is 5.87. The first kappa shape index (κ1) is 12.1. The van der Waals surface area contributed by atoms with Crippen LogP contribution in [-0.2, 0) is 0 Å². The van der Waals surface area contributed by atoms with Crippen LogP contribution in [0, 0.1) is 0 Å². The number of nitrogens with zero attached hydrogens (tertiary/aromatic N) is 1. The summed E-state index contributed by atoms with van der Waals surface area (Å²) < 4.78 is 0. The van der Waals surface area contributed by atoms with Crippen LogP contribution in [0.4, 0.5) is 0 Å². The van der Waals surface area contributed by atoms with Gasteiger partial charge in [0.2, 0.25) is 0 Å². The van der Waals surface area contributed by atoms with Gasteiger partial charge >= 0.3 is 0 Å². The molecule has 1 amide bonds. The van der Waals surface area contributed by atoms with E-state index >= 15 is 0 Å². The number of amides is 1. The molecular weight excluding hydrogens is 236 g/mol. The molecule has 0 aromatic heterocycles. The summed E-state index contributed by atoms with van der Waals surface area (Å²) in [6.45, 7) is 0. The van der Waals surface area contributed by atoms with Gasteiger partial charge in [-0.25, -0.2) is 5.43 Å². The molecule has 4 heteroatoms. The quantitative estimate of drug-likeness (QED) is 0.804. The van der Waals surface area contributed by atoms with Gasteiger partial charge in [0.25, 0.3) is 5.91 Å². The fourth-order valence-corrected chi connectivity index (χ4v) is 1.99. The van der Waals surface area contributed by atoms with Crippen LogP contribution in [0.25, 0.3) is 0 Å². The smallest absolute Gasteiger partial charge is 0.267 e. The fraction of sp³-hybridized carbons (Fsp3) is 0.385. The zero-order valence-corrected chi connectivity index (χ0v) is 10.3. The van der Waals surface area contributed by atoms with E-state index in [0.29, 0.717) is 10.6 Å². The van der Waals surface area contributed by atoms with E-state index in [0.717, 1.165) is 18.6 Å². The largest absolute Gasteiger partial charge is 0.271 e. The lowest BCUT2D eigenvalue weighted by molar-refractivity contribution is 0.0954. The minimum Gasteiger partial charge on any atom is -0.267 e. The molecule has 0 bridgehead atoms. The summed E-state index contributed by atoms with van der Waals surface area (Å²) in [5, 5.41) is 4.79. The van der Waals surface area contributed by atoms with Crippen molar-refractivity contribution in [1.82, 2.24) is 5.43 Å². The number of rotatable bonds is 2. The Morgan fingerprint density at radius 3 is 2.41 bits per heavy atom. The standard InChI is InChI=1S/C13H15ClN2O/c14-11-8-6-10(7-9-11)13(17)16-15-12-4-2-1-3-5-12/h6-9H,1-5H2,(H,16,17). The molecule has 0 aliphatic heterocycles.